The summed E-state index contributed by atoms with van der Waals surface area (Å²) in [6.45, 7) is -1.45. The second-order valence-corrected chi connectivity index (χ2v) is 9.64. The molecule has 17 nitrogen and oxygen atoms in total. The maximum Gasteiger partial charge on any atom is 0.481 e. The van der Waals surface area contributed by atoms with E-state index >= 15 is 0 Å². The normalized spacial score (nSPS) is 44.1. The summed E-state index contributed by atoms with van der Waals surface area (Å²) in [7, 11) is -10.9. The van der Waals surface area contributed by atoms with E-state index in [9.17, 15) is 39.6 Å². The summed E-state index contributed by atoms with van der Waals surface area (Å²) in [5.74, 6) is 0. The van der Waals surface area contributed by atoms with Crippen LogP contribution in [0.4, 0.5) is 0 Å². The molecule has 0 aromatic carbocycles. The summed E-state index contributed by atoms with van der Waals surface area (Å²) < 4.78 is 46.2. The molecule has 2 aliphatic heterocycles. The molecule has 2 fully saturated rings. The van der Waals surface area contributed by atoms with E-state index in [1.165, 1.54) is 0 Å². The zero-order chi connectivity index (χ0) is 23.7. The van der Waals surface area contributed by atoms with Crippen LogP contribution >= 0.6 is 15.6 Å². The van der Waals surface area contributed by atoms with Gasteiger partial charge in [-0.3, -0.25) is 4.52 Å². The summed E-state index contributed by atoms with van der Waals surface area (Å²) in [5.41, 5.74) is 11.2. The standard InChI is InChI=1S/C12H26N2O15P2/c13-5-8(17)7(16)4(26-11(5)19)2-25-12-6(14)9(18)10(3(1-15)27-12)28-31(23,24)29-30(20,21)22/h3-12,15-19H,1-2,13-14H2,(H,23,24)(H2,20,21,22)/t3-,4-,5-,6-,7-,8-,9-,10-,11+,12-/m1/s1. The van der Waals surface area contributed by atoms with Crippen molar-refractivity contribution in [1.29, 1.82) is 0 Å². The Kier molecular flexibility index (Phi) is 9.11. The van der Waals surface area contributed by atoms with Crippen LogP contribution in [0.3, 0.4) is 0 Å². The summed E-state index contributed by atoms with van der Waals surface area (Å²) in [6, 6.07) is -2.77. The lowest BCUT2D eigenvalue weighted by Crippen LogP contribution is -2.64. The Morgan fingerprint density at radius 1 is 0.871 bits per heavy atom. The molecule has 184 valence electrons. The molecule has 11 atom stereocenters. The number of hydrogen-bond donors (Lipinski definition) is 10. The van der Waals surface area contributed by atoms with Gasteiger partial charge in [0.25, 0.3) is 0 Å². The van der Waals surface area contributed by atoms with Crippen LogP contribution in [0, 0.1) is 0 Å². The quantitative estimate of drug-likeness (QED) is 0.139. The topological polar surface area (TPSA) is 294 Å². The molecule has 2 saturated heterocycles. The minimum Gasteiger partial charge on any atom is -0.394 e. The molecule has 0 radical (unpaired) electrons. The van der Waals surface area contributed by atoms with Crippen LogP contribution in [0.2, 0.25) is 0 Å². The molecular formula is C12H26N2O15P2. The Morgan fingerprint density at radius 3 is 2.03 bits per heavy atom. The minimum atomic E-state index is -5.44. The van der Waals surface area contributed by atoms with Crippen LogP contribution in [-0.2, 0) is 32.2 Å². The molecule has 0 saturated carbocycles. The van der Waals surface area contributed by atoms with Gasteiger partial charge in [0.2, 0.25) is 0 Å². The third kappa shape index (κ3) is 6.92. The van der Waals surface area contributed by atoms with Crippen molar-refractivity contribution >= 4 is 15.6 Å². The van der Waals surface area contributed by atoms with Gasteiger partial charge in [-0.1, -0.05) is 0 Å². The fraction of sp³-hybridized carbons (Fsp3) is 1.00. The zero-order valence-electron chi connectivity index (χ0n) is 15.7. The molecule has 1 unspecified atom stereocenters. The molecule has 19 heteroatoms. The summed E-state index contributed by atoms with van der Waals surface area (Å²) in [4.78, 5) is 26.8. The van der Waals surface area contributed by atoms with Crippen LogP contribution in [0.1, 0.15) is 0 Å². The highest BCUT2D eigenvalue weighted by Crippen LogP contribution is 2.58. The SMILES string of the molecule is N[C@@H]1[C@@H](O)[C@H](O)[C@@H](CO[C@@H]2O[C@H](CO)[C@@H](OP(=O)(O)OP(=O)(O)O)[C@H](O)[C@H]2N)O[C@@H]1O. The first-order valence-corrected chi connectivity index (χ1v) is 11.7. The van der Waals surface area contributed by atoms with E-state index in [0.717, 1.165) is 0 Å². The predicted molar refractivity (Wildman–Crippen MR) is 94.4 cm³/mol. The molecule has 0 amide bonds. The van der Waals surface area contributed by atoms with Crippen molar-refractivity contribution in [2.75, 3.05) is 13.2 Å². The number of hydrogen-bond acceptors (Lipinski definition) is 14. The third-order valence-corrected chi connectivity index (χ3v) is 6.74. The first kappa shape index (κ1) is 27.1. The Labute approximate surface area is 174 Å². The molecule has 0 spiro atoms. The van der Waals surface area contributed by atoms with Gasteiger partial charge < -0.3 is 65.9 Å². The Bertz CT molecular complexity index is 693. The number of phosphoric acid groups is 2. The number of aliphatic hydroxyl groups is 5. The molecule has 0 aromatic heterocycles. The van der Waals surface area contributed by atoms with Gasteiger partial charge in [-0.25, -0.2) is 9.13 Å². The van der Waals surface area contributed by atoms with Gasteiger partial charge in [-0.05, 0) is 0 Å². The average Bonchev–Trinajstić information content (AvgIpc) is 2.64. The van der Waals surface area contributed by atoms with Crippen molar-refractivity contribution in [1.82, 2.24) is 0 Å². The zero-order valence-corrected chi connectivity index (χ0v) is 17.5. The molecular weight excluding hydrogens is 474 g/mol. The maximum absolute atomic E-state index is 11.7. The van der Waals surface area contributed by atoms with Crippen LogP contribution in [-0.4, -0.2) is 115 Å². The molecule has 2 rings (SSSR count). The fourth-order valence-electron chi connectivity index (χ4n) is 2.97. The van der Waals surface area contributed by atoms with E-state index in [-0.39, 0.29) is 0 Å². The largest absolute Gasteiger partial charge is 0.481 e. The number of nitrogens with two attached hydrogens (primary N) is 2. The van der Waals surface area contributed by atoms with Crippen molar-refractivity contribution in [2.45, 2.75) is 61.3 Å². The highest BCUT2D eigenvalue weighted by molar-refractivity contribution is 7.60. The van der Waals surface area contributed by atoms with E-state index in [1.54, 1.807) is 0 Å². The number of aliphatic hydroxyl groups excluding tert-OH is 5. The van der Waals surface area contributed by atoms with E-state index in [4.69, 9.17) is 35.5 Å². The Hall–Kier alpha value is -0.140. The summed E-state index contributed by atoms with van der Waals surface area (Å²) >= 11 is 0. The van der Waals surface area contributed by atoms with Gasteiger partial charge in [-0.15, -0.1) is 0 Å². The van der Waals surface area contributed by atoms with Crippen LogP contribution in [0.25, 0.3) is 0 Å². The lowest BCUT2D eigenvalue weighted by molar-refractivity contribution is -0.292. The monoisotopic (exact) mass is 500 g/mol. The summed E-state index contributed by atoms with van der Waals surface area (Å²) in [5, 5.41) is 49.1. The smallest absolute Gasteiger partial charge is 0.394 e. The molecule has 0 aromatic rings. The average molecular weight is 500 g/mol. The van der Waals surface area contributed by atoms with Crippen molar-refractivity contribution in [3.8, 4) is 0 Å². The van der Waals surface area contributed by atoms with Gasteiger partial charge >= 0.3 is 15.6 Å². The lowest BCUT2D eigenvalue weighted by Gasteiger charge is -2.43. The highest BCUT2D eigenvalue weighted by Gasteiger charge is 2.49. The number of rotatable bonds is 8. The first-order valence-electron chi connectivity index (χ1n) is 8.71. The molecule has 12 N–H and O–H groups in total. The Morgan fingerprint density at radius 2 is 1.48 bits per heavy atom. The van der Waals surface area contributed by atoms with Crippen LogP contribution < -0.4 is 11.5 Å². The first-order chi connectivity index (χ1) is 14.2. The molecule has 31 heavy (non-hydrogen) atoms. The number of phosphoric ester groups is 1. The van der Waals surface area contributed by atoms with E-state index < -0.39 is 90.1 Å². The second kappa shape index (κ2) is 10.4. The van der Waals surface area contributed by atoms with Gasteiger partial charge in [-0.2, -0.15) is 4.31 Å². The maximum atomic E-state index is 11.7. The Balaban J connectivity index is 2.03. The fourth-order valence-corrected chi connectivity index (χ4v) is 4.77. The van der Waals surface area contributed by atoms with Gasteiger partial charge in [0, 0.05) is 0 Å². The van der Waals surface area contributed by atoms with E-state index in [0.29, 0.717) is 0 Å². The number of ether oxygens (including phenoxy) is 3. The molecule has 2 heterocycles. The molecule has 0 aliphatic carbocycles. The van der Waals surface area contributed by atoms with Crippen LogP contribution in [0.5, 0.6) is 0 Å². The van der Waals surface area contributed by atoms with Crippen molar-refractivity contribution in [2.24, 2.45) is 11.5 Å². The van der Waals surface area contributed by atoms with Gasteiger partial charge in [0.05, 0.1) is 25.3 Å². The third-order valence-electron chi connectivity index (χ3n) is 4.56. The van der Waals surface area contributed by atoms with Gasteiger partial charge in [0.15, 0.2) is 12.6 Å². The highest BCUT2D eigenvalue weighted by atomic mass is 31.3. The van der Waals surface area contributed by atoms with Crippen molar-refractivity contribution in [3.05, 3.63) is 0 Å². The molecule has 0 bridgehead atoms. The van der Waals surface area contributed by atoms with Crippen molar-refractivity contribution in [3.63, 3.8) is 0 Å². The lowest BCUT2D eigenvalue weighted by atomic mass is 9.97. The minimum absolute atomic E-state index is 0.531. The van der Waals surface area contributed by atoms with Crippen molar-refractivity contribution < 1.29 is 72.4 Å². The second-order valence-electron chi connectivity index (χ2n) is 6.86. The summed E-state index contributed by atoms with van der Waals surface area (Å²) in [6.07, 6.45) is -12.8. The van der Waals surface area contributed by atoms with Crippen LogP contribution in [0.15, 0.2) is 0 Å². The molecule has 2 aliphatic rings. The van der Waals surface area contributed by atoms with E-state index in [2.05, 4.69) is 8.83 Å². The van der Waals surface area contributed by atoms with E-state index in [1.807, 2.05) is 0 Å². The predicted octanol–water partition coefficient (Wildman–Crippen LogP) is -5.23. The van der Waals surface area contributed by atoms with Gasteiger partial charge in [0.1, 0.15) is 36.6 Å².